The molecule has 8 nitrogen and oxygen atoms in total. The third-order valence-electron chi connectivity index (χ3n) is 2.85. The van der Waals surface area contributed by atoms with E-state index in [1.807, 2.05) is 13.0 Å². The lowest BCUT2D eigenvalue weighted by atomic mass is 10.2. The number of carbonyl (C=O) groups excluding carboxylic acids is 1. The fourth-order valence-electron chi connectivity index (χ4n) is 1.76. The first-order chi connectivity index (χ1) is 11.1. The number of ether oxygens (including phenoxy) is 1. The fraction of sp³-hybridized carbons (Fsp3) is 0.200. The van der Waals surface area contributed by atoms with Gasteiger partial charge in [-0.05, 0) is 19.1 Å². The van der Waals surface area contributed by atoms with Crippen LogP contribution in [-0.4, -0.2) is 28.4 Å². The molecule has 0 spiro atoms. The van der Waals surface area contributed by atoms with E-state index in [0.717, 1.165) is 0 Å². The van der Waals surface area contributed by atoms with E-state index in [9.17, 15) is 4.79 Å². The molecule has 0 radical (unpaired) electrons. The minimum atomic E-state index is -0.367. The minimum Gasteiger partial charge on any atom is -0.471 e. The molecular weight excluding hydrogens is 296 g/mol. The number of nitrogens with two attached hydrogens (primary N) is 1. The second kappa shape index (κ2) is 7.74. The molecule has 2 heterocycles. The van der Waals surface area contributed by atoms with Crippen molar-refractivity contribution in [1.82, 2.24) is 15.3 Å². The molecule has 2 amide bonds. The zero-order chi connectivity index (χ0) is 16.7. The van der Waals surface area contributed by atoms with Gasteiger partial charge in [0.15, 0.2) is 0 Å². The largest absolute Gasteiger partial charge is 0.471 e. The number of carbonyl (C=O) groups is 1. The number of anilines is 2. The monoisotopic (exact) mass is 314 g/mol. The number of hydrogen-bond donors (Lipinski definition) is 4. The van der Waals surface area contributed by atoms with Crippen LogP contribution in [0.5, 0.6) is 0 Å². The second-order valence-electron chi connectivity index (χ2n) is 4.58. The summed E-state index contributed by atoms with van der Waals surface area (Å²) in [5, 5.41) is 13.1. The molecule has 0 aromatic carbocycles. The van der Waals surface area contributed by atoms with E-state index >= 15 is 0 Å². The quantitative estimate of drug-likeness (QED) is 0.494. The van der Waals surface area contributed by atoms with E-state index in [2.05, 4.69) is 20.6 Å². The van der Waals surface area contributed by atoms with E-state index in [1.54, 1.807) is 18.3 Å². The Morgan fingerprint density at radius 1 is 1.39 bits per heavy atom. The molecule has 0 saturated heterocycles. The van der Waals surface area contributed by atoms with Gasteiger partial charge in [-0.25, -0.2) is 9.78 Å². The van der Waals surface area contributed by atoms with Gasteiger partial charge in [0.1, 0.15) is 12.4 Å². The number of rotatable bonds is 5. The summed E-state index contributed by atoms with van der Waals surface area (Å²) in [5.41, 5.74) is 7.24. The Balaban J connectivity index is 1.99. The van der Waals surface area contributed by atoms with Crippen molar-refractivity contribution in [2.24, 2.45) is 0 Å². The lowest BCUT2D eigenvalue weighted by Gasteiger charge is -2.11. The third-order valence-corrected chi connectivity index (χ3v) is 2.85. The van der Waals surface area contributed by atoms with E-state index in [0.29, 0.717) is 23.6 Å². The van der Waals surface area contributed by atoms with Gasteiger partial charge in [-0.1, -0.05) is 6.07 Å². The molecule has 120 valence electrons. The lowest BCUT2D eigenvalue weighted by Crippen LogP contribution is -2.28. The van der Waals surface area contributed by atoms with Crippen molar-refractivity contribution in [3.05, 3.63) is 47.9 Å². The van der Waals surface area contributed by atoms with Crippen LogP contribution < -0.4 is 16.4 Å². The lowest BCUT2D eigenvalue weighted by molar-refractivity contribution is 0.252. The Morgan fingerprint density at radius 3 is 2.87 bits per heavy atom. The highest BCUT2D eigenvalue weighted by molar-refractivity contribution is 5.97. The summed E-state index contributed by atoms with van der Waals surface area (Å²) >= 11 is 0. The summed E-state index contributed by atoms with van der Waals surface area (Å²) < 4.78 is 5.36. The highest BCUT2D eigenvalue weighted by Crippen LogP contribution is 2.16. The van der Waals surface area contributed by atoms with Crippen molar-refractivity contribution in [1.29, 1.82) is 5.41 Å². The predicted molar refractivity (Wildman–Crippen MR) is 87.2 cm³/mol. The Bertz CT molecular complexity index is 690. The van der Waals surface area contributed by atoms with E-state index in [4.69, 9.17) is 15.9 Å². The normalized spacial score (nSPS) is 9.96. The molecule has 0 bridgehead atoms. The molecule has 0 aliphatic carbocycles. The van der Waals surface area contributed by atoms with Gasteiger partial charge in [-0.2, -0.15) is 0 Å². The van der Waals surface area contributed by atoms with Gasteiger partial charge in [-0.3, -0.25) is 15.7 Å². The number of amides is 2. The van der Waals surface area contributed by atoms with Crippen LogP contribution in [0.25, 0.3) is 0 Å². The number of pyridine rings is 2. The molecule has 0 fully saturated rings. The summed E-state index contributed by atoms with van der Waals surface area (Å²) in [6, 6.07) is 6.55. The Labute approximate surface area is 133 Å². The van der Waals surface area contributed by atoms with Gasteiger partial charge in [0.2, 0.25) is 5.90 Å². The van der Waals surface area contributed by atoms with E-state index in [-0.39, 0.29) is 24.2 Å². The number of nitrogens with zero attached hydrogens (tertiary/aromatic N) is 2. The van der Waals surface area contributed by atoms with Gasteiger partial charge in [0, 0.05) is 30.7 Å². The molecule has 0 atom stereocenters. The first-order valence-corrected chi connectivity index (χ1v) is 7.02. The predicted octanol–water partition coefficient (Wildman–Crippen LogP) is 1.74. The van der Waals surface area contributed by atoms with Crippen molar-refractivity contribution in [3.63, 3.8) is 0 Å². The van der Waals surface area contributed by atoms with E-state index in [1.165, 1.54) is 12.3 Å². The molecule has 0 aliphatic heterocycles. The highest BCUT2D eigenvalue weighted by atomic mass is 16.5. The molecule has 0 aliphatic rings. The summed E-state index contributed by atoms with van der Waals surface area (Å²) in [6.07, 6.45) is 3.04. The zero-order valence-corrected chi connectivity index (χ0v) is 12.7. The fourth-order valence-corrected chi connectivity index (χ4v) is 1.76. The minimum absolute atomic E-state index is 0.106. The number of nitrogens with one attached hydrogen (secondary N) is 3. The van der Waals surface area contributed by atoms with Gasteiger partial charge < -0.3 is 15.8 Å². The molecular formula is C15H18N6O2. The molecule has 8 heteroatoms. The standard InChI is InChI=1S/C15H18N6O2/c1-2-18-15(22)21-13-7-12(16)11(8-20-13)14(17)23-9-10-5-3-4-6-19-10/h3-8,17H,2,9H2,1H3,(H4,16,18,20,21,22). The smallest absolute Gasteiger partial charge is 0.320 e. The molecule has 2 aromatic rings. The first-order valence-electron chi connectivity index (χ1n) is 7.02. The Morgan fingerprint density at radius 2 is 2.22 bits per heavy atom. The second-order valence-corrected chi connectivity index (χ2v) is 4.58. The van der Waals surface area contributed by atoms with Crippen LogP contribution in [0.4, 0.5) is 16.3 Å². The maximum Gasteiger partial charge on any atom is 0.320 e. The number of nitrogen functional groups attached to an aromatic ring is 1. The SMILES string of the molecule is CCNC(=O)Nc1cc(N)c(C(=N)OCc2ccccn2)cn1. The van der Waals surface area contributed by atoms with Gasteiger partial charge in [0.05, 0.1) is 11.3 Å². The third kappa shape index (κ3) is 4.67. The molecule has 2 aromatic heterocycles. The number of hydrogen-bond acceptors (Lipinski definition) is 6. The van der Waals surface area contributed by atoms with Gasteiger partial charge in [0.25, 0.3) is 0 Å². The van der Waals surface area contributed by atoms with Crippen molar-refractivity contribution in [3.8, 4) is 0 Å². The van der Waals surface area contributed by atoms with Crippen LogP contribution in [0.2, 0.25) is 0 Å². The van der Waals surface area contributed by atoms with Crippen LogP contribution >= 0.6 is 0 Å². The topological polar surface area (TPSA) is 126 Å². The van der Waals surface area contributed by atoms with Crippen molar-refractivity contribution >= 4 is 23.4 Å². The number of aromatic nitrogens is 2. The highest BCUT2D eigenvalue weighted by Gasteiger charge is 2.11. The molecule has 2 rings (SSSR count). The van der Waals surface area contributed by atoms with Gasteiger partial charge in [-0.15, -0.1) is 0 Å². The van der Waals surface area contributed by atoms with Crippen molar-refractivity contribution in [2.75, 3.05) is 17.6 Å². The Hall–Kier alpha value is -3.16. The van der Waals surface area contributed by atoms with Crippen molar-refractivity contribution in [2.45, 2.75) is 13.5 Å². The maximum atomic E-state index is 11.4. The molecule has 5 N–H and O–H groups in total. The average molecular weight is 314 g/mol. The first kappa shape index (κ1) is 16.2. The molecule has 23 heavy (non-hydrogen) atoms. The summed E-state index contributed by atoms with van der Waals surface area (Å²) in [6.45, 7) is 2.48. The summed E-state index contributed by atoms with van der Waals surface area (Å²) in [4.78, 5) is 19.6. The molecule has 0 unspecified atom stereocenters. The number of urea groups is 1. The summed E-state index contributed by atoms with van der Waals surface area (Å²) in [7, 11) is 0. The van der Waals surface area contributed by atoms with Crippen LogP contribution in [0.1, 0.15) is 18.2 Å². The van der Waals surface area contributed by atoms with E-state index < -0.39 is 0 Å². The van der Waals surface area contributed by atoms with Crippen LogP contribution in [0.3, 0.4) is 0 Å². The van der Waals surface area contributed by atoms with Crippen LogP contribution in [-0.2, 0) is 11.3 Å². The van der Waals surface area contributed by atoms with Gasteiger partial charge >= 0.3 is 6.03 Å². The zero-order valence-electron chi connectivity index (χ0n) is 12.7. The Kier molecular flexibility index (Phi) is 5.45. The maximum absolute atomic E-state index is 11.4. The van der Waals surface area contributed by atoms with Crippen molar-refractivity contribution < 1.29 is 9.53 Å². The van der Waals surface area contributed by atoms with Crippen LogP contribution in [0.15, 0.2) is 36.7 Å². The summed E-state index contributed by atoms with van der Waals surface area (Å²) in [5.74, 6) is 0.194. The van der Waals surface area contributed by atoms with Crippen LogP contribution in [0, 0.1) is 5.41 Å². The average Bonchev–Trinajstić information content (AvgIpc) is 2.54. The molecule has 0 saturated carbocycles.